The van der Waals surface area contributed by atoms with Crippen LogP contribution in [0.5, 0.6) is 5.75 Å². The standard InChI is InChI=1S/C9H11N3O3S/c1-11-16(13,14)12-9-7(6-10)4-3-5-8(9)15-2/h3-5,11-12H,1-2H3. The Morgan fingerprint density at radius 1 is 1.44 bits per heavy atom. The molecular formula is C9H11N3O3S. The first-order valence-corrected chi connectivity index (χ1v) is 5.80. The molecule has 0 saturated carbocycles. The number of nitrogens with zero attached hydrogens (tertiary/aromatic N) is 1. The Hall–Kier alpha value is -1.78. The molecule has 0 radical (unpaired) electrons. The zero-order chi connectivity index (χ0) is 12.2. The third-order valence-corrected chi connectivity index (χ3v) is 2.88. The Bertz CT molecular complexity index is 519. The van der Waals surface area contributed by atoms with Gasteiger partial charge in [-0.25, -0.2) is 4.72 Å². The van der Waals surface area contributed by atoms with Crippen molar-refractivity contribution in [2.45, 2.75) is 0 Å². The fraction of sp³-hybridized carbons (Fsp3) is 0.222. The van der Waals surface area contributed by atoms with Crippen molar-refractivity contribution < 1.29 is 13.2 Å². The normalized spacial score (nSPS) is 10.6. The second-order valence-corrected chi connectivity index (χ2v) is 4.42. The van der Waals surface area contributed by atoms with Crippen LogP contribution in [-0.4, -0.2) is 22.6 Å². The highest BCUT2D eigenvalue weighted by Crippen LogP contribution is 2.28. The fourth-order valence-corrected chi connectivity index (χ4v) is 1.67. The van der Waals surface area contributed by atoms with Crippen LogP contribution in [0.1, 0.15) is 5.56 Å². The third kappa shape index (κ3) is 2.62. The molecule has 1 aromatic carbocycles. The smallest absolute Gasteiger partial charge is 0.299 e. The van der Waals surface area contributed by atoms with Crippen LogP contribution in [0.3, 0.4) is 0 Å². The zero-order valence-corrected chi connectivity index (χ0v) is 9.63. The number of nitrogens with one attached hydrogen (secondary N) is 2. The molecule has 6 nitrogen and oxygen atoms in total. The van der Waals surface area contributed by atoms with E-state index in [1.165, 1.54) is 20.2 Å². The van der Waals surface area contributed by atoms with E-state index in [9.17, 15) is 8.42 Å². The average Bonchev–Trinajstić information content (AvgIpc) is 2.29. The van der Waals surface area contributed by atoms with Crippen molar-refractivity contribution in [1.82, 2.24) is 4.72 Å². The van der Waals surface area contributed by atoms with E-state index in [1.54, 1.807) is 12.1 Å². The van der Waals surface area contributed by atoms with Gasteiger partial charge in [0, 0.05) is 7.05 Å². The lowest BCUT2D eigenvalue weighted by molar-refractivity contribution is 0.416. The minimum Gasteiger partial charge on any atom is -0.495 e. The van der Waals surface area contributed by atoms with Gasteiger partial charge in [-0.15, -0.1) is 0 Å². The predicted molar refractivity (Wildman–Crippen MR) is 59.3 cm³/mol. The average molecular weight is 241 g/mol. The van der Waals surface area contributed by atoms with Crippen molar-refractivity contribution >= 4 is 15.9 Å². The minimum absolute atomic E-state index is 0.127. The Morgan fingerprint density at radius 2 is 2.12 bits per heavy atom. The molecule has 0 fully saturated rings. The highest BCUT2D eigenvalue weighted by Gasteiger charge is 2.14. The number of methoxy groups -OCH3 is 1. The molecule has 0 spiro atoms. The van der Waals surface area contributed by atoms with Gasteiger partial charge in [0.1, 0.15) is 17.5 Å². The maximum absolute atomic E-state index is 11.3. The molecule has 1 aromatic rings. The molecular weight excluding hydrogens is 230 g/mol. The largest absolute Gasteiger partial charge is 0.495 e. The molecule has 0 saturated heterocycles. The van der Waals surface area contributed by atoms with E-state index in [1.807, 2.05) is 6.07 Å². The summed E-state index contributed by atoms with van der Waals surface area (Å²) in [5.41, 5.74) is 0.319. The lowest BCUT2D eigenvalue weighted by Gasteiger charge is -2.11. The van der Waals surface area contributed by atoms with E-state index in [0.29, 0.717) is 0 Å². The topological polar surface area (TPSA) is 91.2 Å². The van der Waals surface area contributed by atoms with E-state index in [2.05, 4.69) is 9.44 Å². The van der Waals surface area contributed by atoms with Gasteiger partial charge in [0.2, 0.25) is 0 Å². The molecule has 0 bridgehead atoms. The number of para-hydroxylation sites is 1. The summed E-state index contributed by atoms with van der Waals surface area (Å²) >= 11 is 0. The maximum Gasteiger partial charge on any atom is 0.299 e. The van der Waals surface area contributed by atoms with E-state index in [0.717, 1.165) is 0 Å². The Morgan fingerprint density at radius 3 is 2.62 bits per heavy atom. The van der Waals surface area contributed by atoms with Gasteiger partial charge in [-0.05, 0) is 12.1 Å². The monoisotopic (exact) mass is 241 g/mol. The second kappa shape index (κ2) is 4.83. The van der Waals surface area contributed by atoms with Gasteiger partial charge in [-0.1, -0.05) is 6.07 Å². The third-order valence-electron chi connectivity index (χ3n) is 1.87. The highest BCUT2D eigenvalue weighted by molar-refractivity contribution is 7.90. The number of benzene rings is 1. The number of hydrogen-bond donors (Lipinski definition) is 2. The summed E-state index contributed by atoms with van der Waals surface area (Å²) in [6, 6.07) is 6.55. The van der Waals surface area contributed by atoms with Crippen LogP contribution in [0.4, 0.5) is 5.69 Å². The molecule has 0 aliphatic heterocycles. The van der Waals surface area contributed by atoms with Crippen molar-refractivity contribution in [3.05, 3.63) is 23.8 Å². The molecule has 16 heavy (non-hydrogen) atoms. The molecule has 0 amide bonds. The summed E-state index contributed by atoms with van der Waals surface area (Å²) in [5.74, 6) is 0.290. The van der Waals surface area contributed by atoms with Crippen LogP contribution in [0.2, 0.25) is 0 Å². The van der Waals surface area contributed by atoms with E-state index < -0.39 is 10.2 Å². The molecule has 1 rings (SSSR count). The molecule has 7 heteroatoms. The second-order valence-electron chi connectivity index (χ2n) is 2.80. The van der Waals surface area contributed by atoms with Crippen LogP contribution in [-0.2, 0) is 10.2 Å². The van der Waals surface area contributed by atoms with E-state index >= 15 is 0 Å². The molecule has 0 unspecified atom stereocenters. The summed E-state index contributed by atoms with van der Waals surface area (Å²) in [5, 5.41) is 8.85. The van der Waals surface area contributed by atoms with Gasteiger partial charge < -0.3 is 4.74 Å². The number of anilines is 1. The zero-order valence-electron chi connectivity index (χ0n) is 8.81. The summed E-state index contributed by atoms with van der Waals surface area (Å²) in [4.78, 5) is 0. The molecule has 0 heterocycles. The summed E-state index contributed by atoms with van der Waals surface area (Å²) in [6.45, 7) is 0. The van der Waals surface area contributed by atoms with Crippen molar-refractivity contribution in [2.24, 2.45) is 0 Å². The highest BCUT2D eigenvalue weighted by atomic mass is 32.2. The molecule has 86 valence electrons. The molecule has 0 aliphatic carbocycles. The lowest BCUT2D eigenvalue weighted by Crippen LogP contribution is -2.27. The Kier molecular flexibility index (Phi) is 3.71. The number of hydrogen-bond acceptors (Lipinski definition) is 4. The number of nitriles is 1. The lowest BCUT2D eigenvalue weighted by atomic mass is 10.2. The molecule has 2 N–H and O–H groups in total. The quantitative estimate of drug-likeness (QED) is 0.800. The summed E-state index contributed by atoms with van der Waals surface area (Å²) < 4.78 is 31.9. The SMILES string of the molecule is CNS(=O)(=O)Nc1c(C#N)cccc1OC. The summed E-state index contributed by atoms with van der Waals surface area (Å²) in [7, 11) is -1.00. The minimum atomic E-state index is -3.67. The van der Waals surface area contributed by atoms with Gasteiger partial charge in [0.05, 0.1) is 12.7 Å². The van der Waals surface area contributed by atoms with Crippen LogP contribution in [0.15, 0.2) is 18.2 Å². The van der Waals surface area contributed by atoms with Crippen LogP contribution in [0, 0.1) is 11.3 Å². The first kappa shape index (κ1) is 12.3. The fourth-order valence-electron chi connectivity index (χ4n) is 1.09. The van der Waals surface area contributed by atoms with Crippen LogP contribution in [0.25, 0.3) is 0 Å². The van der Waals surface area contributed by atoms with Crippen molar-refractivity contribution in [3.8, 4) is 11.8 Å². The molecule has 0 aliphatic rings. The Balaban J connectivity index is 3.26. The van der Waals surface area contributed by atoms with Gasteiger partial charge >= 0.3 is 0 Å². The van der Waals surface area contributed by atoms with Gasteiger partial charge in [0.25, 0.3) is 10.2 Å². The van der Waals surface area contributed by atoms with E-state index in [4.69, 9.17) is 10.00 Å². The van der Waals surface area contributed by atoms with E-state index in [-0.39, 0.29) is 17.0 Å². The van der Waals surface area contributed by atoms with Crippen molar-refractivity contribution in [3.63, 3.8) is 0 Å². The number of ether oxygens (including phenoxy) is 1. The van der Waals surface area contributed by atoms with Gasteiger partial charge in [-0.2, -0.15) is 13.7 Å². The van der Waals surface area contributed by atoms with Crippen LogP contribution < -0.4 is 14.2 Å². The van der Waals surface area contributed by atoms with Crippen molar-refractivity contribution in [2.75, 3.05) is 18.9 Å². The predicted octanol–water partition coefficient (Wildman–Crippen LogP) is 0.443. The Labute approximate surface area is 94.0 Å². The number of rotatable bonds is 4. The van der Waals surface area contributed by atoms with Crippen molar-refractivity contribution in [1.29, 1.82) is 5.26 Å². The molecule has 0 atom stereocenters. The molecule has 0 aromatic heterocycles. The first-order valence-electron chi connectivity index (χ1n) is 4.32. The van der Waals surface area contributed by atoms with Gasteiger partial charge in [-0.3, -0.25) is 4.72 Å². The maximum atomic E-state index is 11.3. The first-order chi connectivity index (χ1) is 7.54. The van der Waals surface area contributed by atoms with Crippen LogP contribution >= 0.6 is 0 Å². The van der Waals surface area contributed by atoms with Gasteiger partial charge in [0.15, 0.2) is 0 Å². The summed E-state index contributed by atoms with van der Waals surface area (Å²) in [6.07, 6.45) is 0.